The van der Waals surface area contributed by atoms with Gasteiger partial charge in [0.25, 0.3) is 11.8 Å². The van der Waals surface area contributed by atoms with Gasteiger partial charge in [-0.2, -0.15) is 0 Å². The molecular formula is C24H38N6O3. The van der Waals surface area contributed by atoms with Crippen molar-refractivity contribution >= 4 is 5.82 Å². The summed E-state index contributed by atoms with van der Waals surface area (Å²) in [6.45, 7) is 15.7. The first-order valence-corrected chi connectivity index (χ1v) is 11.8. The van der Waals surface area contributed by atoms with Crippen LogP contribution < -0.4 is 24.4 Å². The summed E-state index contributed by atoms with van der Waals surface area (Å²) in [6.07, 6.45) is 5.06. The van der Waals surface area contributed by atoms with E-state index in [2.05, 4.69) is 64.7 Å². The maximum atomic E-state index is 5.94. The van der Waals surface area contributed by atoms with Crippen molar-refractivity contribution in [3.63, 3.8) is 0 Å². The Bertz CT molecular complexity index is 842. The van der Waals surface area contributed by atoms with Gasteiger partial charge in [0.1, 0.15) is 19.8 Å². The molecule has 2 aromatic rings. The van der Waals surface area contributed by atoms with Crippen LogP contribution in [0.5, 0.6) is 17.5 Å². The molecular weight excluding hydrogens is 420 g/mol. The van der Waals surface area contributed by atoms with Crippen molar-refractivity contribution in [1.82, 2.24) is 25.2 Å². The number of aromatic nitrogens is 3. The lowest BCUT2D eigenvalue weighted by molar-refractivity contribution is 0.136. The van der Waals surface area contributed by atoms with Crippen molar-refractivity contribution in [2.24, 2.45) is 0 Å². The van der Waals surface area contributed by atoms with Crippen LogP contribution in [-0.2, 0) is 0 Å². The Balaban J connectivity index is 1.51. The van der Waals surface area contributed by atoms with Crippen LogP contribution >= 0.6 is 0 Å². The van der Waals surface area contributed by atoms with Gasteiger partial charge in [-0.1, -0.05) is 0 Å². The molecule has 182 valence electrons. The van der Waals surface area contributed by atoms with E-state index < -0.39 is 0 Å². The average molecular weight is 459 g/mol. The number of nitrogens with one attached hydrogen (secondary N) is 1. The topological polar surface area (TPSA) is 84.9 Å². The Morgan fingerprint density at radius 2 is 1.67 bits per heavy atom. The molecule has 3 heterocycles. The fourth-order valence-corrected chi connectivity index (χ4v) is 4.02. The molecule has 1 fully saturated rings. The molecule has 33 heavy (non-hydrogen) atoms. The summed E-state index contributed by atoms with van der Waals surface area (Å²) in [5.74, 6) is 2.41. The fraction of sp³-hybridized carbons (Fsp3) is 0.625. The summed E-state index contributed by atoms with van der Waals surface area (Å²) in [5, 5.41) is 3.39. The van der Waals surface area contributed by atoms with Crippen LogP contribution in [0, 0.1) is 0 Å². The third-order valence-electron chi connectivity index (χ3n) is 5.65. The number of rotatable bonds is 12. The first-order valence-electron chi connectivity index (χ1n) is 11.8. The Labute approximate surface area is 197 Å². The van der Waals surface area contributed by atoms with E-state index in [1.807, 2.05) is 12.1 Å². The summed E-state index contributed by atoms with van der Waals surface area (Å²) in [7, 11) is 0. The lowest BCUT2D eigenvalue weighted by Gasteiger charge is -2.35. The predicted octanol–water partition coefficient (Wildman–Crippen LogP) is 2.63. The minimum atomic E-state index is 0.325. The second-order valence-corrected chi connectivity index (χ2v) is 8.71. The van der Waals surface area contributed by atoms with Crippen LogP contribution in [0.4, 0.5) is 5.82 Å². The normalized spacial score (nSPS) is 16.5. The average Bonchev–Trinajstić information content (AvgIpc) is 2.80. The Morgan fingerprint density at radius 3 is 2.42 bits per heavy atom. The zero-order valence-electron chi connectivity index (χ0n) is 20.5. The van der Waals surface area contributed by atoms with Crippen LogP contribution in [0.1, 0.15) is 34.6 Å². The van der Waals surface area contributed by atoms with Gasteiger partial charge in [-0.3, -0.25) is 4.90 Å². The maximum Gasteiger partial charge on any atom is 0.257 e. The van der Waals surface area contributed by atoms with E-state index in [4.69, 9.17) is 14.2 Å². The summed E-state index contributed by atoms with van der Waals surface area (Å²) < 4.78 is 17.8. The van der Waals surface area contributed by atoms with Crippen molar-refractivity contribution in [3.05, 3.63) is 30.7 Å². The van der Waals surface area contributed by atoms with Crippen LogP contribution in [0.25, 0.3) is 0 Å². The first-order chi connectivity index (χ1) is 16.0. The number of hydrogen-bond acceptors (Lipinski definition) is 9. The molecule has 0 radical (unpaired) electrons. The van der Waals surface area contributed by atoms with Crippen molar-refractivity contribution in [2.45, 2.75) is 52.7 Å². The maximum absolute atomic E-state index is 5.94. The minimum absolute atomic E-state index is 0.325. The predicted molar refractivity (Wildman–Crippen MR) is 129 cm³/mol. The van der Waals surface area contributed by atoms with Crippen LogP contribution in [0.3, 0.4) is 0 Å². The monoisotopic (exact) mass is 458 g/mol. The largest absolute Gasteiger partial charge is 0.484 e. The van der Waals surface area contributed by atoms with Crippen molar-refractivity contribution in [1.29, 1.82) is 0 Å². The number of anilines is 1. The number of pyridine rings is 1. The second kappa shape index (κ2) is 12.6. The molecule has 1 aliphatic heterocycles. The molecule has 1 aliphatic rings. The molecule has 0 saturated carbocycles. The lowest BCUT2D eigenvalue weighted by Crippen LogP contribution is -2.50. The molecule has 0 aliphatic carbocycles. The highest BCUT2D eigenvalue weighted by Crippen LogP contribution is 2.26. The van der Waals surface area contributed by atoms with E-state index in [1.54, 1.807) is 18.6 Å². The minimum Gasteiger partial charge on any atom is -0.484 e. The van der Waals surface area contributed by atoms with Gasteiger partial charge in [-0.15, -0.1) is 0 Å². The Morgan fingerprint density at radius 1 is 0.970 bits per heavy atom. The smallest absolute Gasteiger partial charge is 0.257 e. The molecule has 1 unspecified atom stereocenters. The van der Waals surface area contributed by atoms with Crippen LogP contribution in [0.2, 0.25) is 0 Å². The van der Waals surface area contributed by atoms with Crippen molar-refractivity contribution in [2.75, 3.05) is 50.9 Å². The zero-order chi connectivity index (χ0) is 23.6. The van der Waals surface area contributed by atoms with Crippen LogP contribution in [0.15, 0.2) is 30.7 Å². The molecule has 0 spiro atoms. The number of piperazine rings is 1. The van der Waals surface area contributed by atoms with E-state index >= 15 is 0 Å². The highest BCUT2D eigenvalue weighted by molar-refractivity contribution is 5.49. The van der Waals surface area contributed by atoms with Crippen LogP contribution in [-0.4, -0.2) is 84.0 Å². The molecule has 9 heteroatoms. The molecule has 9 nitrogen and oxygen atoms in total. The van der Waals surface area contributed by atoms with E-state index in [1.165, 1.54) is 0 Å². The quantitative estimate of drug-likeness (QED) is 0.483. The van der Waals surface area contributed by atoms with Gasteiger partial charge in [-0.05, 0) is 46.8 Å². The van der Waals surface area contributed by atoms with Crippen molar-refractivity contribution < 1.29 is 14.2 Å². The number of nitrogens with zero attached hydrogens (tertiary/aromatic N) is 5. The first kappa shape index (κ1) is 25.0. The SMILES string of the molecule is CC1CNCCN1c1nccnc1OCCOc1cccnc1OCCN(C(C)C)C(C)C. The van der Waals surface area contributed by atoms with Gasteiger partial charge in [0.05, 0.1) is 0 Å². The van der Waals surface area contributed by atoms with E-state index in [0.717, 1.165) is 32.0 Å². The van der Waals surface area contributed by atoms with Gasteiger partial charge in [0.2, 0.25) is 0 Å². The van der Waals surface area contributed by atoms with E-state index in [9.17, 15) is 0 Å². The van der Waals surface area contributed by atoms with Gasteiger partial charge < -0.3 is 24.4 Å². The Hall–Kier alpha value is -2.65. The van der Waals surface area contributed by atoms with Gasteiger partial charge in [0.15, 0.2) is 11.6 Å². The van der Waals surface area contributed by atoms with E-state index in [0.29, 0.717) is 55.5 Å². The molecule has 1 atom stereocenters. The molecule has 1 saturated heterocycles. The second-order valence-electron chi connectivity index (χ2n) is 8.71. The summed E-state index contributed by atoms with van der Waals surface area (Å²) in [5.41, 5.74) is 0. The third-order valence-corrected chi connectivity index (χ3v) is 5.65. The highest BCUT2D eigenvalue weighted by atomic mass is 16.5. The van der Waals surface area contributed by atoms with Gasteiger partial charge in [-0.25, -0.2) is 15.0 Å². The summed E-state index contributed by atoms with van der Waals surface area (Å²) >= 11 is 0. The van der Waals surface area contributed by atoms with Crippen molar-refractivity contribution in [3.8, 4) is 17.5 Å². The third kappa shape index (κ3) is 7.17. The van der Waals surface area contributed by atoms with Gasteiger partial charge >= 0.3 is 0 Å². The molecule has 0 bridgehead atoms. The fourth-order valence-electron chi connectivity index (χ4n) is 4.02. The molecule has 0 aromatic carbocycles. The number of ether oxygens (including phenoxy) is 3. The summed E-state index contributed by atoms with van der Waals surface area (Å²) in [4.78, 5) is 17.9. The zero-order valence-corrected chi connectivity index (χ0v) is 20.5. The van der Waals surface area contributed by atoms with E-state index in [-0.39, 0.29) is 0 Å². The molecule has 0 amide bonds. The standard InChI is InChI=1S/C24H38N6O3/c1-18(2)29(19(3)4)13-14-32-23-21(7-6-8-27-23)31-15-16-33-24-22(26-9-10-28-24)30-12-11-25-17-20(30)5/h6-10,18-20,25H,11-17H2,1-5H3. The molecule has 1 N–H and O–H groups in total. The van der Waals surface area contributed by atoms with Gasteiger partial charge in [0, 0.05) is 62.9 Å². The number of hydrogen-bond donors (Lipinski definition) is 1. The summed E-state index contributed by atoms with van der Waals surface area (Å²) in [6, 6.07) is 4.94. The highest BCUT2D eigenvalue weighted by Gasteiger charge is 2.23. The molecule has 2 aromatic heterocycles. The Kier molecular flexibility index (Phi) is 9.50. The molecule has 3 rings (SSSR count). The lowest BCUT2D eigenvalue weighted by atomic mass is 10.2.